The molecular formula is C21H19F3N4O5. The normalized spacial score (nSPS) is 11.7. The Bertz CT molecular complexity index is 1250. The number of benzene rings is 1. The summed E-state index contributed by atoms with van der Waals surface area (Å²) in [6.45, 7) is 3.07. The van der Waals surface area contributed by atoms with E-state index in [1.54, 1.807) is 19.1 Å². The molecule has 3 aromatic rings. The number of rotatable bonds is 6. The zero-order chi connectivity index (χ0) is 24.3. The van der Waals surface area contributed by atoms with Crippen molar-refractivity contribution in [2.75, 3.05) is 14.2 Å². The van der Waals surface area contributed by atoms with E-state index in [4.69, 9.17) is 9.47 Å². The summed E-state index contributed by atoms with van der Waals surface area (Å²) in [5.41, 5.74) is 1.58. The highest BCUT2D eigenvalue weighted by Crippen LogP contribution is 2.30. The number of halogens is 3. The van der Waals surface area contributed by atoms with Crippen LogP contribution in [0.1, 0.15) is 28.3 Å². The van der Waals surface area contributed by atoms with Gasteiger partial charge in [-0.15, -0.1) is 5.10 Å². The van der Waals surface area contributed by atoms with E-state index in [9.17, 15) is 22.8 Å². The van der Waals surface area contributed by atoms with Gasteiger partial charge in [0.2, 0.25) is 0 Å². The fourth-order valence-corrected chi connectivity index (χ4v) is 2.99. The van der Waals surface area contributed by atoms with Crippen LogP contribution in [0.3, 0.4) is 0 Å². The Morgan fingerprint density at radius 2 is 1.85 bits per heavy atom. The molecule has 174 valence electrons. The molecule has 0 radical (unpaired) electrons. The fourth-order valence-electron chi connectivity index (χ4n) is 2.99. The number of fused-ring (bicyclic) bond motifs is 1. The molecule has 0 unspecified atom stereocenters. The number of carbonyl (C=O) groups is 2. The van der Waals surface area contributed by atoms with Crippen molar-refractivity contribution in [1.82, 2.24) is 19.6 Å². The maximum Gasteiger partial charge on any atom is 0.453 e. The van der Waals surface area contributed by atoms with E-state index in [2.05, 4.69) is 19.8 Å². The van der Waals surface area contributed by atoms with E-state index in [1.165, 1.54) is 39.4 Å². The highest BCUT2D eigenvalue weighted by atomic mass is 19.4. The summed E-state index contributed by atoms with van der Waals surface area (Å²) in [6.07, 6.45) is -2.26. The van der Waals surface area contributed by atoms with Gasteiger partial charge in [-0.1, -0.05) is 6.07 Å². The molecule has 0 aliphatic heterocycles. The van der Waals surface area contributed by atoms with Gasteiger partial charge >= 0.3 is 18.1 Å². The first-order valence-corrected chi connectivity index (χ1v) is 9.48. The molecule has 0 spiro atoms. The Morgan fingerprint density at radius 1 is 1.12 bits per heavy atom. The first kappa shape index (κ1) is 23.7. The summed E-state index contributed by atoms with van der Waals surface area (Å²) in [6, 6.07) is 4.64. The molecule has 0 aliphatic rings. The largest absolute Gasteiger partial charge is 0.493 e. The molecule has 0 saturated heterocycles. The average Bonchev–Trinajstić information content (AvgIpc) is 3.20. The van der Waals surface area contributed by atoms with E-state index < -0.39 is 23.9 Å². The van der Waals surface area contributed by atoms with Gasteiger partial charge in [0.15, 0.2) is 11.5 Å². The van der Waals surface area contributed by atoms with Gasteiger partial charge in [-0.05, 0) is 37.6 Å². The van der Waals surface area contributed by atoms with Gasteiger partial charge in [0.05, 0.1) is 20.6 Å². The topological polar surface area (TPSA) is 105 Å². The first-order chi connectivity index (χ1) is 15.5. The number of carbonyl (C=O) groups excluding carboxylic acids is 2. The molecule has 33 heavy (non-hydrogen) atoms. The Morgan fingerprint density at radius 3 is 2.48 bits per heavy atom. The Labute approximate surface area is 185 Å². The molecular weight excluding hydrogens is 445 g/mol. The number of hydrogen-bond acceptors (Lipinski definition) is 8. The summed E-state index contributed by atoms with van der Waals surface area (Å²) in [4.78, 5) is 31.3. The second-order valence-corrected chi connectivity index (χ2v) is 6.82. The number of aryl methyl sites for hydroxylation is 2. The third-order valence-corrected chi connectivity index (χ3v) is 4.65. The van der Waals surface area contributed by atoms with Crippen molar-refractivity contribution in [2.24, 2.45) is 0 Å². The molecule has 0 amide bonds. The van der Waals surface area contributed by atoms with E-state index in [-0.39, 0.29) is 29.4 Å². The summed E-state index contributed by atoms with van der Waals surface area (Å²) in [5, 5.41) is 3.46. The second kappa shape index (κ2) is 9.27. The minimum atomic E-state index is -4.72. The number of ether oxygens (including phenoxy) is 3. The lowest BCUT2D eigenvalue weighted by atomic mass is 10.1. The van der Waals surface area contributed by atoms with Crippen LogP contribution in [-0.4, -0.2) is 45.7 Å². The lowest BCUT2D eigenvalue weighted by Crippen LogP contribution is -2.16. The number of methoxy groups -OCH3 is 2. The van der Waals surface area contributed by atoms with E-state index in [0.717, 1.165) is 4.52 Å². The third-order valence-electron chi connectivity index (χ3n) is 4.65. The van der Waals surface area contributed by atoms with Crippen LogP contribution in [0.2, 0.25) is 0 Å². The molecule has 0 atom stereocenters. The van der Waals surface area contributed by atoms with Crippen LogP contribution in [0.15, 0.2) is 24.3 Å². The summed E-state index contributed by atoms with van der Waals surface area (Å²) >= 11 is 0. The number of aromatic nitrogens is 4. The van der Waals surface area contributed by atoms with Gasteiger partial charge in [-0.2, -0.15) is 18.2 Å². The van der Waals surface area contributed by atoms with Gasteiger partial charge in [0, 0.05) is 23.0 Å². The van der Waals surface area contributed by atoms with E-state index in [1.807, 2.05) is 0 Å². The molecule has 0 aliphatic carbocycles. The zero-order valence-electron chi connectivity index (χ0n) is 18.1. The Kier molecular flexibility index (Phi) is 6.65. The predicted octanol–water partition coefficient (Wildman–Crippen LogP) is 3.10. The van der Waals surface area contributed by atoms with Crippen molar-refractivity contribution in [1.29, 1.82) is 0 Å². The standard InChI is InChI=1S/C21H19F3N4O5/c1-11-14(12(2)28-20(25-11)26-19(27-28)21(22,23)24)10-18(30)33-15-7-5-13(9-16(15)31-3)6-8-17(29)32-4/h5-9H,10H2,1-4H3/b8-6+. The maximum absolute atomic E-state index is 12.9. The fraction of sp³-hybridized carbons (Fsp3) is 0.286. The second-order valence-electron chi connectivity index (χ2n) is 6.82. The van der Waals surface area contributed by atoms with Gasteiger partial charge in [-0.25, -0.2) is 14.3 Å². The molecule has 0 saturated carbocycles. The van der Waals surface area contributed by atoms with Crippen molar-refractivity contribution >= 4 is 23.8 Å². The highest BCUT2D eigenvalue weighted by Gasteiger charge is 2.37. The molecule has 12 heteroatoms. The van der Waals surface area contributed by atoms with E-state index in [0.29, 0.717) is 16.8 Å². The molecule has 0 fully saturated rings. The lowest BCUT2D eigenvalue weighted by molar-refractivity contribution is -0.144. The van der Waals surface area contributed by atoms with Crippen LogP contribution in [0.25, 0.3) is 11.9 Å². The first-order valence-electron chi connectivity index (χ1n) is 9.48. The minimum Gasteiger partial charge on any atom is -0.493 e. The summed E-state index contributed by atoms with van der Waals surface area (Å²) < 4.78 is 54.9. The van der Waals surface area contributed by atoms with Crippen LogP contribution in [0, 0.1) is 13.8 Å². The van der Waals surface area contributed by atoms with Crippen LogP contribution < -0.4 is 9.47 Å². The van der Waals surface area contributed by atoms with Crippen molar-refractivity contribution in [3.63, 3.8) is 0 Å². The van der Waals surface area contributed by atoms with Gasteiger partial charge in [-0.3, -0.25) is 4.79 Å². The molecule has 1 aromatic carbocycles. The lowest BCUT2D eigenvalue weighted by Gasteiger charge is -2.12. The Balaban J connectivity index is 1.83. The zero-order valence-corrected chi connectivity index (χ0v) is 18.1. The SMILES string of the molecule is COC(=O)/C=C/c1ccc(OC(=O)Cc2c(C)nc3nc(C(F)(F)F)nn3c2C)c(OC)c1. The number of hydrogen-bond donors (Lipinski definition) is 0. The number of alkyl halides is 3. The number of esters is 2. The molecule has 2 aromatic heterocycles. The summed E-state index contributed by atoms with van der Waals surface area (Å²) in [7, 11) is 2.64. The third kappa shape index (κ3) is 5.27. The van der Waals surface area contributed by atoms with Crippen LogP contribution in [0.5, 0.6) is 11.5 Å². The average molecular weight is 464 g/mol. The number of nitrogens with zero attached hydrogens (tertiary/aromatic N) is 4. The van der Waals surface area contributed by atoms with E-state index >= 15 is 0 Å². The molecule has 2 heterocycles. The smallest absolute Gasteiger partial charge is 0.453 e. The Hall–Kier alpha value is -3.96. The maximum atomic E-state index is 12.9. The van der Waals surface area contributed by atoms with Crippen molar-refractivity contribution in [2.45, 2.75) is 26.4 Å². The van der Waals surface area contributed by atoms with Gasteiger partial charge in [0.25, 0.3) is 11.6 Å². The van der Waals surface area contributed by atoms with Crippen molar-refractivity contribution in [3.8, 4) is 11.5 Å². The minimum absolute atomic E-state index is 0.127. The van der Waals surface area contributed by atoms with Gasteiger partial charge in [0.1, 0.15) is 0 Å². The van der Waals surface area contributed by atoms with Crippen LogP contribution in [-0.2, 0) is 26.9 Å². The molecule has 0 bridgehead atoms. The van der Waals surface area contributed by atoms with Crippen molar-refractivity contribution < 1.29 is 37.0 Å². The summed E-state index contributed by atoms with van der Waals surface area (Å²) in [5.74, 6) is -2.38. The quantitative estimate of drug-likeness (QED) is 0.311. The van der Waals surface area contributed by atoms with Gasteiger partial charge < -0.3 is 14.2 Å². The monoisotopic (exact) mass is 464 g/mol. The van der Waals surface area contributed by atoms with Crippen LogP contribution >= 0.6 is 0 Å². The molecule has 9 nitrogen and oxygen atoms in total. The predicted molar refractivity (Wildman–Crippen MR) is 109 cm³/mol. The van der Waals surface area contributed by atoms with Crippen LogP contribution in [0.4, 0.5) is 13.2 Å². The highest BCUT2D eigenvalue weighted by molar-refractivity contribution is 5.87. The van der Waals surface area contributed by atoms with Crippen molar-refractivity contribution in [3.05, 3.63) is 52.6 Å². The molecule has 3 rings (SSSR count). The molecule has 0 N–H and O–H groups in total.